The Balaban J connectivity index is 1.24. The number of nitrogens with zero attached hydrogens (tertiary/aromatic N) is 2. The van der Waals surface area contributed by atoms with Crippen molar-refractivity contribution < 1.29 is 19.1 Å². The third-order valence-corrected chi connectivity index (χ3v) is 6.38. The van der Waals surface area contributed by atoms with E-state index in [4.69, 9.17) is 9.47 Å². The second-order valence-corrected chi connectivity index (χ2v) is 8.09. The highest BCUT2D eigenvalue weighted by molar-refractivity contribution is 7.10. The summed E-state index contributed by atoms with van der Waals surface area (Å²) in [4.78, 5) is 30.2. The standard InChI is InChI=1S/C21H24N2O4S/c1-26-17-5-2-3-6-18(17)27-14-20(24)22-8-10-23(11-9-22)21(25)16-13-15(16)19-7-4-12-28-19/h2-7,12,15-16H,8-11,13-14H2,1H3. The van der Waals surface area contributed by atoms with Crippen molar-refractivity contribution in [2.45, 2.75) is 12.3 Å². The number of methoxy groups -OCH3 is 1. The van der Waals surface area contributed by atoms with Gasteiger partial charge in [0, 0.05) is 42.9 Å². The van der Waals surface area contributed by atoms with E-state index in [0.717, 1.165) is 6.42 Å². The first-order valence-corrected chi connectivity index (χ1v) is 10.4. The summed E-state index contributed by atoms with van der Waals surface area (Å²) >= 11 is 1.73. The number of rotatable bonds is 6. The number of hydrogen-bond donors (Lipinski definition) is 0. The Morgan fingerprint density at radius 3 is 2.43 bits per heavy atom. The van der Waals surface area contributed by atoms with Crippen molar-refractivity contribution in [3.05, 3.63) is 46.7 Å². The SMILES string of the molecule is COc1ccccc1OCC(=O)N1CCN(C(=O)C2CC2c2cccs2)CC1. The van der Waals surface area contributed by atoms with Crippen LogP contribution in [0.25, 0.3) is 0 Å². The molecular formula is C21H24N2O4S. The van der Waals surface area contributed by atoms with Crippen LogP contribution in [0.2, 0.25) is 0 Å². The zero-order valence-corrected chi connectivity index (χ0v) is 16.7. The van der Waals surface area contributed by atoms with Crippen LogP contribution in [0.3, 0.4) is 0 Å². The minimum atomic E-state index is -0.0686. The van der Waals surface area contributed by atoms with Crippen molar-refractivity contribution in [3.8, 4) is 11.5 Å². The molecule has 1 saturated carbocycles. The second-order valence-electron chi connectivity index (χ2n) is 7.11. The molecule has 0 N–H and O–H groups in total. The monoisotopic (exact) mass is 400 g/mol. The van der Waals surface area contributed by atoms with Gasteiger partial charge in [-0.25, -0.2) is 0 Å². The van der Waals surface area contributed by atoms with Gasteiger partial charge in [0.1, 0.15) is 0 Å². The maximum absolute atomic E-state index is 12.7. The van der Waals surface area contributed by atoms with Crippen molar-refractivity contribution in [2.75, 3.05) is 39.9 Å². The number of thiophene rings is 1. The number of piperazine rings is 1. The predicted octanol–water partition coefficient (Wildman–Crippen LogP) is 2.61. The fourth-order valence-corrected chi connectivity index (χ4v) is 4.57. The van der Waals surface area contributed by atoms with Gasteiger partial charge in [0.2, 0.25) is 5.91 Å². The van der Waals surface area contributed by atoms with Crippen molar-refractivity contribution >= 4 is 23.2 Å². The summed E-state index contributed by atoms with van der Waals surface area (Å²) in [5.41, 5.74) is 0. The van der Waals surface area contributed by atoms with Crippen LogP contribution < -0.4 is 9.47 Å². The van der Waals surface area contributed by atoms with Crippen molar-refractivity contribution in [3.63, 3.8) is 0 Å². The molecule has 2 fully saturated rings. The molecule has 0 bridgehead atoms. The summed E-state index contributed by atoms with van der Waals surface area (Å²) in [7, 11) is 1.57. The smallest absolute Gasteiger partial charge is 0.260 e. The molecule has 6 nitrogen and oxygen atoms in total. The molecule has 2 heterocycles. The van der Waals surface area contributed by atoms with E-state index in [1.807, 2.05) is 23.1 Å². The summed E-state index contributed by atoms with van der Waals surface area (Å²) in [6.07, 6.45) is 0.950. The van der Waals surface area contributed by atoms with Crippen LogP contribution in [0.15, 0.2) is 41.8 Å². The van der Waals surface area contributed by atoms with Gasteiger partial charge >= 0.3 is 0 Å². The Bertz CT molecular complexity index is 831. The number of para-hydroxylation sites is 2. The highest BCUT2D eigenvalue weighted by atomic mass is 32.1. The van der Waals surface area contributed by atoms with Crippen LogP contribution in [0.1, 0.15) is 17.2 Å². The van der Waals surface area contributed by atoms with Gasteiger partial charge in [-0.15, -0.1) is 11.3 Å². The van der Waals surface area contributed by atoms with Crippen LogP contribution in [0.4, 0.5) is 0 Å². The number of hydrogen-bond acceptors (Lipinski definition) is 5. The van der Waals surface area contributed by atoms with E-state index in [-0.39, 0.29) is 24.3 Å². The van der Waals surface area contributed by atoms with Gasteiger partial charge in [-0.2, -0.15) is 0 Å². The van der Waals surface area contributed by atoms with E-state index in [1.165, 1.54) is 4.88 Å². The minimum Gasteiger partial charge on any atom is -0.493 e. The number of amides is 2. The molecule has 1 saturated heterocycles. The molecule has 2 atom stereocenters. The predicted molar refractivity (Wildman–Crippen MR) is 107 cm³/mol. The lowest BCUT2D eigenvalue weighted by molar-refractivity contribution is -0.141. The topological polar surface area (TPSA) is 59.1 Å². The van der Waals surface area contributed by atoms with Gasteiger partial charge in [-0.1, -0.05) is 18.2 Å². The highest BCUT2D eigenvalue weighted by Gasteiger charge is 2.46. The molecule has 4 rings (SSSR count). The Morgan fingerprint density at radius 1 is 1.04 bits per heavy atom. The molecule has 2 unspecified atom stereocenters. The third kappa shape index (κ3) is 3.99. The molecule has 2 aliphatic rings. The summed E-state index contributed by atoms with van der Waals surface area (Å²) in [6.45, 7) is 2.25. The summed E-state index contributed by atoms with van der Waals surface area (Å²) in [6, 6.07) is 11.4. The molecule has 2 amide bonds. The number of benzene rings is 1. The number of carbonyl (C=O) groups excluding carboxylic acids is 2. The van der Waals surface area contributed by atoms with Crippen LogP contribution in [0, 0.1) is 5.92 Å². The Morgan fingerprint density at radius 2 is 1.75 bits per heavy atom. The van der Waals surface area contributed by atoms with Gasteiger partial charge < -0.3 is 19.3 Å². The fraction of sp³-hybridized carbons (Fsp3) is 0.429. The van der Waals surface area contributed by atoms with E-state index in [0.29, 0.717) is 43.6 Å². The van der Waals surface area contributed by atoms with Crippen LogP contribution >= 0.6 is 11.3 Å². The van der Waals surface area contributed by atoms with E-state index in [1.54, 1.807) is 35.5 Å². The van der Waals surface area contributed by atoms with Crippen LogP contribution in [-0.4, -0.2) is 61.5 Å². The quantitative estimate of drug-likeness (QED) is 0.748. The zero-order valence-electron chi connectivity index (χ0n) is 15.9. The van der Waals surface area contributed by atoms with E-state index >= 15 is 0 Å². The fourth-order valence-electron chi connectivity index (χ4n) is 3.66. The average molecular weight is 401 g/mol. The zero-order chi connectivity index (χ0) is 19.5. The first kappa shape index (κ1) is 18.8. The molecule has 7 heteroatoms. The van der Waals surface area contributed by atoms with Gasteiger partial charge in [0.25, 0.3) is 5.91 Å². The highest BCUT2D eigenvalue weighted by Crippen LogP contribution is 2.50. The van der Waals surface area contributed by atoms with E-state index < -0.39 is 0 Å². The first-order chi connectivity index (χ1) is 13.7. The summed E-state index contributed by atoms with van der Waals surface area (Å²) in [5, 5.41) is 2.06. The van der Waals surface area contributed by atoms with Crippen molar-refractivity contribution in [2.24, 2.45) is 5.92 Å². The molecule has 28 heavy (non-hydrogen) atoms. The van der Waals surface area contributed by atoms with Gasteiger partial charge in [-0.3, -0.25) is 9.59 Å². The van der Waals surface area contributed by atoms with E-state index in [9.17, 15) is 9.59 Å². The van der Waals surface area contributed by atoms with Gasteiger partial charge in [-0.05, 0) is 30.0 Å². The largest absolute Gasteiger partial charge is 0.493 e. The van der Waals surface area contributed by atoms with E-state index in [2.05, 4.69) is 11.4 Å². The number of carbonyl (C=O) groups is 2. The molecule has 1 aromatic heterocycles. The molecule has 148 valence electrons. The van der Waals surface area contributed by atoms with Crippen molar-refractivity contribution in [1.82, 2.24) is 9.80 Å². The lowest BCUT2D eigenvalue weighted by Crippen LogP contribution is -2.52. The molecule has 1 aromatic carbocycles. The minimum absolute atomic E-state index is 0.0304. The maximum atomic E-state index is 12.7. The maximum Gasteiger partial charge on any atom is 0.260 e. The number of ether oxygens (including phenoxy) is 2. The Kier molecular flexibility index (Phi) is 5.52. The molecular weight excluding hydrogens is 376 g/mol. The summed E-state index contributed by atoms with van der Waals surface area (Å²) in [5.74, 6) is 1.84. The third-order valence-electron chi connectivity index (χ3n) is 5.38. The van der Waals surface area contributed by atoms with Crippen molar-refractivity contribution in [1.29, 1.82) is 0 Å². The molecule has 2 aromatic rings. The van der Waals surface area contributed by atoms with Gasteiger partial charge in [0.05, 0.1) is 7.11 Å². The molecule has 1 aliphatic heterocycles. The summed E-state index contributed by atoms with van der Waals surface area (Å²) < 4.78 is 10.9. The lowest BCUT2D eigenvalue weighted by Gasteiger charge is -2.35. The Hall–Kier alpha value is -2.54. The second kappa shape index (κ2) is 8.22. The molecule has 0 radical (unpaired) electrons. The first-order valence-electron chi connectivity index (χ1n) is 9.53. The van der Waals surface area contributed by atoms with Crippen LogP contribution in [0.5, 0.6) is 11.5 Å². The molecule has 0 spiro atoms. The van der Waals surface area contributed by atoms with Gasteiger partial charge in [0.15, 0.2) is 18.1 Å². The average Bonchev–Trinajstić information content (AvgIpc) is 3.35. The lowest BCUT2D eigenvalue weighted by atomic mass is 10.2. The van der Waals surface area contributed by atoms with Crippen LogP contribution in [-0.2, 0) is 9.59 Å². The Labute approximate surface area is 168 Å². The normalized spacial score (nSPS) is 21.3. The molecule has 1 aliphatic carbocycles.